The van der Waals surface area contributed by atoms with E-state index in [1.165, 1.54) is 23.1 Å². The van der Waals surface area contributed by atoms with Gasteiger partial charge in [-0.3, -0.25) is 9.36 Å². The molecule has 0 aliphatic rings. The molecule has 0 N–H and O–H groups in total. The van der Waals surface area contributed by atoms with Gasteiger partial charge >= 0.3 is 0 Å². The lowest BCUT2D eigenvalue weighted by molar-refractivity contribution is 0.823. The van der Waals surface area contributed by atoms with Gasteiger partial charge in [-0.05, 0) is 31.5 Å². The molecule has 0 unspecified atom stereocenters. The molecule has 22 heavy (non-hydrogen) atoms. The molecule has 3 rings (SSSR count). The van der Waals surface area contributed by atoms with Crippen LogP contribution in [0.4, 0.5) is 0 Å². The molecule has 0 amide bonds. The van der Waals surface area contributed by atoms with Gasteiger partial charge in [0.05, 0.1) is 22.9 Å². The third kappa shape index (κ3) is 2.43. The monoisotopic (exact) mass is 327 g/mol. The molecule has 0 saturated heterocycles. The molecular formula is C16H13N3OS2. The predicted octanol–water partition coefficient (Wildman–Crippen LogP) is 3.68. The van der Waals surface area contributed by atoms with Crippen LogP contribution in [-0.2, 0) is 0 Å². The minimum Gasteiger partial charge on any atom is -0.268 e. The van der Waals surface area contributed by atoms with Crippen LogP contribution in [0.15, 0.2) is 40.3 Å². The lowest BCUT2D eigenvalue weighted by atomic mass is 10.2. The third-order valence-corrected chi connectivity index (χ3v) is 5.36. The van der Waals surface area contributed by atoms with Crippen LogP contribution in [0.2, 0.25) is 0 Å². The predicted molar refractivity (Wildman–Crippen MR) is 91.0 cm³/mol. The van der Waals surface area contributed by atoms with Crippen LogP contribution in [-0.4, -0.2) is 15.3 Å². The average Bonchev–Trinajstić information content (AvgIpc) is 2.81. The Morgan fingerprint density at radius 1 is 1.32 bits per heavy atom. The van der Waals surface area contributed by atoms with Crippen LogP contribution in [0, 0.1) is 25.2 Å². The van der Waals surface area contributed by atoms with Crippen molar-refractivity contribution in [2.45, 2.75) is 19.0 Å². The summed E-state index contributed by atoms with van der Waals surface area (Å²) in [5, 5.41) is 10.1. The minimum absolute atomic E-state index is 0.0708. The van der Waals surface area contributed by atoms with E-state index < -0.39 is 0 Å². The number of benzene rings is 1. The van der Waals surface area contributed by atoms with Gasteiger partial charge in [-0.2, -0.15) is 5.26 Å². The third-order valence-electron chi connectivity index (χ3n) is 3.45. The summed E-state index contributed by atoms with van der Waals surface area (Å²) in [6.07, 6.45) is 0. The summed E-state index contributed by atoms with van der Waals surface area (Å²) in [4.78, 5) is 19.4. The molecule has 0 atom stereocenters. The number of hydrogen-bond donors (Lipinski definition) is 0. The van der Waals surface area contributed by atoms with Gasteiger partial charge in [0.1, 0.15) is 4.83 Å². The van der Waals surface area contributed by atoms with Gasteiger partial charge in [-0.15, -0.1) is 11.3 Å². The second-order valence-corrected chi connectivity index (χ2v) is 6.93. The fraction of sp³-hybridized carbons (Fsp3) is 0.188. The zero-order chi connectivity index (χ0) is 15.7. The van der Waals surface area contributed by atoms with E-state index in [4.69, 9.17) is 5.26 Å². The van der Waals surface area contributed by atoms with Gasteiger partial charge in [-0.25, -0.2) is 4.98 Å². The summed E-state index contributed by atoms with van der Waals surface area (Å²) in [6.45, 7) is 3.95. The quantitative estimate of drug-likeness (QED) is 0.544. The first-order valence-corrected chi connectivity index (χ1v) is 8.51. The second kappa shape index (κ2) is 5.95. The van der Waals surface area contributed by atoms with E-state index in [0.29, 0.717) is 10.5 Å². The number of fused-ring (bicyclic) bond motifs is 1. The molecule has 0 saturated carbocycles. The highest BCUT2D eigenvalue weighted by molar-refractivity contribution is 7.99. The summed E-state index contributed by atoms with van der Waals surface area (Å²) in [7, 11) is 0. The van der Waals surface area contributed by atoms with E-state index in [1.807, 2.05) is 44.2 Å². The Morgan fingerprint density at radius 3 is 2.73 bits per heavy atom. The number of aromatic nitrogens is 2. The van der Waals surface area contributed by atoms with E-state index in [1.54, 1.807) is 4.57 Å². The number of nitrogens with zero attached hydrogens (tertiary/aromatic N) is 3. The number of hydrogen-bond acceptors (Lipinski definition) is 5. The van der Waals surface area contributed by atoms with Gasteiger partial charge < -0.3 is 0 Å². The van der Waals surface area contributed by atoms with Crippen molar-refractivity contribution in [1.82, 2.24) is 9.55 Å². The lowest BCUT2D eigenvalue weighted by Crippen LogP contribution is -2.21. The Balaban J connectivity index is 2.36. The molecule has 0 aliphatic heterocycles. The zero-order valence-corrected chi connectivity index (χ0v) is 13.8. The summed E-state index contributed by atoms with van der Waals surface area (Å²) in [6, 6.07) is 11.5. The molecule has 0 spiro atoms. The van der Waals surface area contributed by atoms with Crippen LogP contribution in [0.5, 0.6) is 0 Å². The van der Waals surface area contributed by atoms with E-state index in [9.17, 15) is 4.79 Å². The minimum atomic E-state index is -0.0708. The second-order valence-electron chi connectivity index (χ2n) is 4.78. The number of thiophene rings is 1. The zero-order valence-electron chi connectivity index (χ0n) is 12.2. The van der Waals surface area contributed by atoms with Crippen LogP contribution in [0.3, 0.4) is 0 Å². The normalized spacial score (nSPS) is 10.8. The van der Waals surface area contributed by atoms with Gasteiger partial charge in [0.15, 0.2) is 5.16 Å². The van der Waals surface area contributed by atoms with Crippen molar-refractivity contribution in [2.75, 3.05) is 5.75 Å². The molecule has 2 aromatic heterocycles. The summed E-state index contributed by atoms with van der Waals surface area (Å²) in [5.74, 6) is 0.258. The van der Waals surface area contributed by atoms with Crippen LogP contribution in [0.25, 0.3) is 15.9 Å². The molecule has 0 radical (unpaired) electrons. The van der Waals surface area contributed by atoms with Crippen molar-refractivity contribution in [3.63, 3.8) is 0 Å². The Hall–Kier alpha value is -2.10. The number of thioether (sulfide) groups is 1. The maximum atomic E-state index is 13.0. The largest absolute Gasteiger partial charge is 0.268 e. The Bertz CT molecular complexity index is 936. The van der Waals surface area contributed by atoms with Gasteiger partial charge in [-0.1, -0.05) is 30.0 Å². The molecule has 1 aromatic carbocycles. The van der Waals surface area contributed by atoms with Gasteiger partial charge in [0.2, 0.25) is 0 Å². The first kappa shape index (κ1) is 14.8. The molecule has 0 fully saturated rings. The van der Waals surface area contributed by atoms with Crippen LogP contribution in [0.1, 0.15) is 10.4 Å². The number of para-hydroxylation sites is 1. The summed E-state index contributed by atoms with van der Waals surface area (Å²) < 4.78 is 1.60. The summed E-state index contributed by atoms with van der Waals surface area (Å²) in [5.41, 5.74) is 1.68. The van der Waals surface area contributed by atoms with Crippen molar-refractivity contribution < 1.29 is 0 Å². The first-order chi connectivity index (χ1) is 10.6. The number of rotatable bonds is 3. The van der Waals surface area contributed by atoms with Gasteiger partial charge in [0, 0.05) is 4.88 Å². The lowest BCUT2D eigenvalue weighted by Gasteiger charge is -2.11. The van der Waals surface area contributed by atoms with Crippen molar-refractivity contribution in [2.24, 2.45) is 0 Å². The van der Waals surface area contributed by atoms with Crippen molar-refractivity contribution in [1.29, 1.82) is 5.26 Å². The highest BCUT2D eigenvalue weighted by Gasteiger charge is 2.17. The topological polar surface area (TPSA) is 58.7 Å². The maximum absolute atomic E-state index is 13.0. The average molecular weight is 327 g/mol. The SMILES string of the molecule is Cc1sc2nc(SCC#N)n(-c3ccccc3)c(=O)c2c1C. The van der Waals surface area contributed by atoms with E-state index in [0.717, 1.165) is 21.0 Å². The molecule has 0 bridgehead atoms. The van der Waals surface area contributed by atoms with E-state index in [2.05, 4.69) is 11.1 Å². The summed E-state index contributed by atoms with van der Waals surface area (Å²) >= 11 is 2.81. The molecular weight excluding hydrogens is 314 g/mol. The van der Waals surface area contributed by atoms with Crippen LogP contribution >= 0.6 is 23.1 Å². The standard InChI is InChI=1S/C16H13N3OS2/c1-10-11(2)22-14-13(10)15(20)19(12-6-4-3-5-7-12)16(18-14)21-9-8-17/h3-7H,9H2,1-2H3. The fourth-order valence-corrected chi connectivity index (χ4v) is 4.02. The highest BCUT2D eigenvalue weighted by atomic mass is 32.2. The highest BCUT2D eigenvalue weighted by Crippen LogP contribution is 2.29. The number of nitriles is 1. The Kier molecular flexibility index (Phi) is 4.01. The molecule has 3 aromatic rings. The Morgan fingerprint density at radius 2 is 2.05 bits per heavy atom. The van der Waals surface area contributed by atoms with E-state index >= 15 is 0 Å². The van der Waals surface area contributed by atoms with E-state index in [-0.39, 0.29) is 11.3 Å². The Labute approximate surface area is 136 Å². The fourth-order valence-electron chi connectivity index (χ4n) is 2.27. The maximum Gasteiger partial charge on any atom is 0.267 e. The molecule has 6 heteroatoms. The van der Waals surface area contributed by atoms with Crippen LogP contribution < -0.4 is 5.56 Å². The molecule has 4 nitrogen and oxygen atoms in total. The van der Waals surface area contributed by atoms with Crippen molar-refractivity contribution >= 4 is 33.3 Å². The molecule has 0 aliphatic carbocycles. The van der Waals surface area contributed by atoms with Crippen molar-refractivity contribution in [3.8, 4) is 11.8 Å². The van der Waals surface area contributed by atoms with Crippen molar-refractivity contribution in [3.05, 3.63) is 51.1 Å². The molecule has 2 heterocycles. The van der Waals surface area contributed by atoms with Gasteiger partial charge in [0.25, 0.3) is 5.56 Å². The first-order valence-electron chi connectivity index (χ1n) is 6.71. The molecule has 110 valence electrons. The smallest absolute Gasteiger partial charge is 0.267 e. The number of aryl methyl sites for hydroxylation is 2.